The molecule has 25 heavy (non-hydrogen) atoms. The summed E-state index contributed by atoms with van der Waals surface area (Å²) in [4.78, 5) is 9.64. The van der Waals surface area contributed by atoms with Gasteiger partial charge in [0, 0.05) is 50.9 Å². The van der Waals surface area contributed by atoms with Crippen molar-refractivity contribution in [2.75, 3.05) is 44.2 Å². The minimum absolute atomic E-state index is 0.162. The Bertz CT molecular complexity index is 581. The molecule has 1 saturated carbocycles. The first-order valence-corrected chi connectivity index (χ1v) is 9.70. The highest BCUT2D eigenvalue weighted by Crippen LogP contribution is 2.25. The van der Waals surface area contributed by atoms with Gasteiger partial charge in [-0.15, -0.1) is 0 Å². The molecule has 2 fully saturated rings. The third-order valence-electron chi connectivity index (χ3n) is 5.38. The van der Waals surface area contributed by atoms with Gasteiger partial charge in [-0.25, -0.2) is 0 Å². The van der Waals surface area contributed by atoms with Crippen LogP contribution < -0.4 is 10.2 Å². The van der Waals surface area contributed by atoms with Gasteiger partial charge in [-0.2, -0.15) is 0 Å². The maximum atomic E-state index is 10.0. The van der Waals surface area contributed by atoms with E-state index in [2.05, 4.69) is 53.2 Å². The number of nitrogens with zero attached hydrogens (tertiary/aromatic N) is 3. The maximum absolute atomic E-state index is 10.0. The Labute approximate surface area is 151 Å². The number of hydrogen-bond acceptors (Lipinski definition) is 3. The summed E-state index contributed by atoms with van der Waals surface area (Å²) in [7, 11) is 0. The van der Waals surface area contributed by atoms with Crippen LogP contribution in [0.4, 0.5) is 5.69 Å². The first-order valence-electron chi connectivity index (χ1n) is 9.70. The fourth-order valence-corrected chi connectivity index (χ4v) is 3.86. The molecule has 1 heterocycles. The Hall–Kier alpha value is -1.75. The quantitative estimate of drug-likeness (QED) is 0.650. The summed E-state index contributed by atoms with van der Waals surface area (Å²) in [5.74, 6) is 1.34. The van der Waals surface area contributed by atoms with Crippen molar-refractivity contribution >= 4 is 11.6 Å². The molecule has 0 aromatic heterocycles. The van der Waals surface area contributed by atoms with E-state index < -0.39 is 0 Å². The molecule has 2 unspecified atom stereocenters. The number of aliphatic hydroxyl groups is 1. The normalized spacial score (nSPS) is 24.7. The summed E-state index contributed by atoms with van der Waals surface area (Å²) in [5.41, 5.74) is 2.63. The van der Waals surface area contributed by atoms with Crippen molar-refractivity contribution < 1.29 is 5.11 Å². The van der Waals surface area contributed by atoms with Gasteiger partial charge in [0.15, 0.2) is 5.96 Å². The number of benzene rings is 1. The molecule has 0 radical (unpaired) electrons. The number of aliphatic imine (C=N–C) groups is 1. The summed E-state index contributed by atoms with van der Waals surface area (Å²) in [6.07, 6.45) is 3.01. The van der Waals surface area contributed by atoms with Crippen LogP contribution in [0.5, 0.6) is 0 Å². The summed E-state index contributed by atoms with van der Waals surface area (Å²) >= 11 is 0. The number of rotatable bonds is 4. The monoisotopic (exact) mass is 344 g/mol. The van der Waals surface area contributed by atoms with E-state index in [9.17, 15) is 5.11 Å². The Morgan fingerprint density at radius 2 is 2.04 bits per heavy atom. The van der Waals surface area contributed by atoms with Crippen LogP contribution in [0, 0.1) is 12.8 Å². The molecule has 5 nitrogen and oxygen atoms in total. The largest absolute Gasteiger partial charge is 0.393 e. The highest BCUT2D eigenvalue weighted by Gasteiger charge is 2.26. The molecule has 1 aromatic carbocycles. The van der Waals surface area contributed by atoms with Gasteiger partial charge in [-0.05, 0) is 44.4 Å². The van der Waals surface area contributed by atoms with Gasteiger partial charge in [-0.1, -0.05) is 18.6 Å². The van der Waals surface area contributed by atoms with Crippen LogP contribution >= 0.6 is 0 Å². The van der Waals surface area contributed by atoms with E-state index in [1.807, 2.05) is 0 Å². The lowest BCUT2D eigenvalue weighted by atomic mass is 10.1. The fraction of sp³-hybridized carbons (Fsp3) is 0.650. The topological polar surface area (TPSA) is 51.1 Å². The molecule has 138 valence electrons. The van der Waals surface area contributed by atoms with Crippen molar-refractivity contribution in [3.63, 3.8) is 0 Å². The van der Waals surface area contributed by atoms with E-state index in [0.29, 0.717) is 5.92 Å². The lowest BCUT2D eigenvalue weighted by Gasteiger charge is -2.38. The van der Waals surface area contributed by atoms with Gasteiger partial charge in [0.05, 0.1) is 6.10 Å². The second-order valence-electron chi connectivity index (χ2n) is 7.27. The van der Waals surface area contributed by atoms with E-state index in [0.717, 1.165) is 64.5 Å². The molecule has 1 aliphatic heterocycles. The fourth-order valence-electron chi connectivity index (χ4n) is 3.86. The van der Waals surface area contributed by atoms with E-state index in [4.69, 9.17) is 4.99 Å². The van der Waals surface area contributed by atoms with E-state index in [1.165, 1.54) is 11.3 Å². The molecule has 0 amide bonds. The van der Waals surface area contributed by atoms with Crippen molar-refractivity contribution in [2.24, 2.45) is 10.9 Å². The Morgan fingerprint density at radius 3 is 2.68 bits per heavy atom. The van der Waals surface area contributed by atoms with Gasteiger partial charge in [0.1, 0.15) is 0 Å². The maximum Gasteiger partial charge on any atom is 0.194 e. The Morgan fingerprint density at radius 1 is 1.24 bits per heavy atom. The number of aliphatic hydroxyl groups excluding tert-OH is 1. The molecule has 0 bridgehead atoms. The third-order valence-corrected chi connectivity index (χ3v) is 5.38. The summed E-state index contributed by atoms with van der Waals surface area (Å²) in [6, 6.07) is 8.74. The molecule has 5 heteroatoms. The average molecular weight is 345 g/mol. The first kappa shape index (κ1) is 18.1. The highest BCUT2D eigenvalue weighted by molar-refractivity contribution is 5.80. The van der Waals surface area contributed by atoms with Crippen LogP contribution in [0.3, 0.4) is 0 Å². The predicted octanol–water partition coefficient (Wildman–Crippen LogP) is 2.24. The zero-order valence-corrected chi connectivity index (χ0v) is 15.6. The van der Waals surface area contributed by atoms with Gasteiger partial charge in [0.25, 0.3) is 0 Å². The molecule has 3 rings (SSSR count). The molecular formula is C20H32N4O. The van der Waals surface area contributed by atoms with Crippen molar-refractivity contribution in [1.82, 2.24) is 10.2 Å². The standard InChI is InChI=1S/C20H32N4O/c1-3-21-20(22-15-17-7-5-9-19(17)25)24-12-10-23(11-13-24)18-8-4-6-16(2)14-18/h4,6,8,14,17,19,25H,3,5,7,9-13,15H2,1-2H3,(H,21,22). The summed E-state index contributed by atoms with van der Waals surface area (Å²) < 4.78 is 0. The Kier molecular flexibility index (Phi) is 6.19. The number of aryl methyl sites for hydroxylation is 1. The average Bonchev–Trinajstić information content (AvgIpc) is 3.04. The minimum Gasteiger partial charge on any atom is -0.393 e. The van der Waals surface area contributed by atoms with Crippen molar-refractivity contribution in [2.45, 2.75) is 39.2 Å². The molecule has 1 aliphatic carbocycles. The third kappa shape index (κ3) is 4.66. The van der Waals surface area contributed by atoms with Gasteiger partial charge >= 0.3 is 0 Å². The number of hydrogen-bond donors (Lipinski definition) is 2. The number of nitrogens with one attached hydrogen (secondary N) is 1. The number of piperazine rings is 1. The van der Waals surface area contributed by atoms with Gasteiger partial charge in [-0.3, -0.25) is 4.99 Å². The van der Waals surface area contributed by atoms with Crippen LogP contribution in [0.2, 0.25) is 0 Å². The van der Waals surface area contributed by atoms with Crippen LogP contribution in [-0.4, -0.2) is 61.3 Å². The van der Waals surface area contributed by atoms with E-state index in [-0.39, 0.29) is 6.10 Å². The number of anilines is 1. The first-order chi connectivity index (χ1) is 12.2. The molecular weight excluding hydrogens is 312 g/mol. The van der Waals surface area contributed by atoms with Crippen molar-refractivity contribution in [3.8, 4) is 0 Å². The lowest BCUT2D eigenvalue weighted by molar-refractivity contribution is 0.136. The molecule has 0 spiro atoms. The number of guanidine groups is 1. The smallest absolute Gasteiger partial charge is 0.194 e. The summed E-state index contributed by atoms with van der Waals surface area (Å²) in [6.45, 7) is 9.86. The minimum atomic E-state index is -0.162. The molecule has 1 saturated heterocycles. The zero-order valence-electron chi connectivity index (χ0n) is 15.6. The SMILES string of the molecule is CCNC(=NCC1CCCC1O)N1CCN(c2cccc(C)c2)CC1. The van der Waals surface area contributed by atoms with Gasteiger partial charge < -0.3 is 20.2 Å². The second kappa shape index (κ2) is 8.56. The van der Waals surface area contributed by atoms with Crippen molar-refractivity contribution in [1.29, 1.82) is 0 Å². The van der Waals surface area contributed by atoms with Gasteiger partial charge in [0.2, 0.25) is 0 Å². The Balaban J connectivity index is 1.58. The summed E-state index contributed by atoms with van der Waals surface area (Å²) in [5, 5.41) is 13.4. The van der Waals surface area contributed by atoms with E-state index in [1.54, 1.807) is 0 Å². The zero-order chi connectivity index (χ0) is 17.6. The molecule has 2 atom stereocenters. The molecule has 2 aliphatic rings. The van der Waals surface area contributed by atoms with Crippen LogP contribution in [-0.2, 0) is 0 Å². The predicted molar refractivity (Wildman–Crippen MR) is 104 cm³/mol. The molecule has 2 N–H and O–H groups in total. The molecule has 1 aromatic rings. The van der Waals surface area contributed by atoms with Crippen LogP contribution in [0.1, 0.15) is 31.7 Å². The van der Waals surface area contributed by atoms with Crippen LogP contribution in [0.25, 0.3) is 0 Å². The highest BCUT2D eigenvalue weighted by atomic mass is 16.3. The second-order valence-corrected chi connectivity index (χ2v) is 7.27. The van der Waals surface area contributed by atoms with Crippen molar-refractivity contribution in [3.05, 3.63) is 29.8 Å². The van der Waals surface area contributed by atoms with Crippen LogP contribution in [0.15, 0.2) is 29.3 Å². The lowest BCUT2D eigenvalue weighted by Crippen LogP contribution is -2.52. The van der Waals surface area contributed by atoms with E-state index >= 15 is 0 Å².